The lowest BCUT2D eigenvalue weighted by Gasteiger charge is -2.24. The fraction of sp³-hybridized carbons (Fsp3) is 0.419. The molecule has 0 aliphatic rings. The molecule has 0 radical (unpaired) electrons. The minimum absolute atomic E-state index is 0.0138. The Hall–Kier alpha value is -0.440. The van der Waals surface area contributed by atoms with E-state index in [-0.39, 0.29) is 67.5 Å². The minimum Gasteiger partial charge on any atom is -0.394 e. The van der Waals surface area contributed by atoms with Gasteiger partial charge in [-0.15, -0.1) is 0 Å². The minimum atomic E-state index is -0.986. The lowest BCUT2D eigenvalue weighted by molar-refractivity contribution is -0.119. The van der Waals surface area contributed by atoms with E-state index in [2.05, 4.69) is 26.6 Å². The average Bonchev–Trinajstić information content (AvgIpc) is 3.15. The molecular weight excluding hydrogens is 1410 g/mol. The molecule has 0 aliphatic heterocycles. The van der Waals surface area contributed by atoms with Crippen LogP contribution in [-0.2, 0) is 9.59 Å². The number of nitrogens with one attached hydrogen (secondary N) is 5. The number of aliphatic hydroxyl groups is 6. The predicted molar refractivity (Wildman–Crippen MR) is 250 cm³/mol. The van der Waals surface area contributed by atoms with E-state index < -0.39 is 87.0 Å². The maximum Gasteiger partial charge on any atom is 0.255 e. The number of carbonyl (C=O) groups is 6. The highest BCUT2D eigenvalue weighted by molar-refractivity contribution is 14.1. The van der Waals surface area contributed by atoms with Gasteiger partial charge in [0.25, 0.3) is 17.7 Å². The van der Waals surface area contributed by atoms with Gasteiger partial charge in [-0.1, -0.05) is 0 Å². The Balaban J connectivity index is 2.33. The summed E-state index contributed by atoms with van der Waals surface area (Å²) >= 11 is 11.1. The Morgan fingerprint density at radius 2 is 0.964 bits per heavy atom. The Morgan fingerprint density at radius 3 is 1.36 bits per heavy atom. The number of Topliss-reactive ketones (excluding diaryl/α,β-unsaturated/α-hetero) is 1. The van der Waals surface area contributed by atoms with Crippen molar-refractivity contribution in [2.75, 3.05) is 77.0 Å². The van der Waals surface area contributed by atoms with Crippen LogP contribution in [0.25, 0.3) is 0 Å². The lowest BCUT2D eigenvalue weighted by Crippen LogP contribution is -2.41. The zero-order valence-electron chi connectivity index (χ0n) is 28.6. The van der Waals surface area contributed by atoms with Crippen molar-refractivity contribution in [2.24, 2.45) is 0 Å². The number of hydrogen-bond donors (Lipinski definition) is 11. The summed E-state index contributed by atoms with van der Waals surface area (Å²) in [5.41, 5.74) is 0.478. The van der Waals surface area contributed by atoms with Crippen molar-refractivity contribution in [1.82, 2.24) is 20.9 Å². The van der Waals surface area contributed by atoms with Crippen molar-refractivity contribution in [3.05, 3.63) is 43.7 Å². The summed E-state index contributed by atoms with van der Waals surface area (Å²) in [6.45, 7) is -3.70. The van der Waals surface area contributed by atoms with E-state index in [9.17, 15) is 59.4 Å². The number of aliphatic hydroxyl groups excluding tert-OH is 6. The molecule has 0 saturated carbocycles. The predicted octanol–water partition coefficient (Wildman–Crippen LogP) is 0.276. The Kier molecular flexibility index (Phi) is 22.7. The van der Waals surface area contributed by atoms with Crippen LogP contribution < -0.4 is 26.6 Å². The highest BCUT2D eigenvalue weighted by atomic mass is 127. The summed E-state index contributed by atoms with van der Waals surface area (Å²) in [5.74, 6) is -3.93. The van der Waals surface area contributed by atoms with Gasteiger partial charge in [-0.2, -0.15) is 0 Å². The van der Waals surface area contributed by atoms with Gasteiger partial charge in [0.2, 0.25) is 11.8 Å². The molecule has 0 unspecified atom stereocenters. The first-order valence-corrected chi connectivity index (χ1v) is 22.2. The molecule has 18 nitrogen and oxygen atoms in total. The molecular formula is C31H36I6N6O12. The van der Waals surface area contributed by atoms with Crippen LogP contribution in [0.4, 0.5) is 11.4 Å². The molecule has 0 spiro atoms. The van der Waals surface area contributed by atoms with Gasteiger partial charge in [-0.3, -0.25) is 28.8 Å². The summed E-state index contributed by atoms with van der Waals surface area (Å²) in [7, 11) is 1.53. The summed E-state index contributed by atoms with van der Waals surface area (Å²) in [6.07, 6.45) is 0.346. The molecule has 24 heteroatoms. The van der Waals surface area contributed by atoms with Gasteiger partial charge >= 0.3 is 0 Å². The highest BCUT2D eigenvalue weighted by Crippen LogP contribution is 2.37. The summed E-state index contributed by atoms with van der Waals surface area (Å²) in [6, 6.07) is -1.97. The van der Waals surface area contributed by atoms with Crippen molar-refractivity contribution in [1.29, 1.82) is 0 Å². The van der Waals surface area contributed by atoms with E-state index in [0.29, 0.717) is 13.6 Å². The van der Waals surface area contributed by atoms with Gasteiger partial charge in [-0.05, 0) is 149 Å². The number of anilines is 2. The van der Waals surface area contributed by atoms with Gasteiger partial charge in [-0.25, -0.2) is 0 Å². The maximum absolute atomic E-state index is 13.9. The first kappa shape index (κ1) is 50.7. The zero-order valence-corrected chi connectivity index (χ0v) is 41.5. The number of amides is 5. The van der Waals surface area contributed by atoms with Crippen LogP contribution in [0.5, 0.6) is 0 Å². The number of benzene rings is 2. The third-order valence-electron chi connectivity index (χ3n) is 7.43. The zero-order chi connectivity index (χ0) is 41.7. The summed E-state index contributed by atoms with van der Waals surface area (Å²) in [5, 5.41) is 69.7. The van der Waals surface area contributed by atoms with Gasteiger partial charge < -0.3 is 62.1 Å². The molecule has 0 atom stereocenters. The van der Waals surface area contributed by atoms with Gasteiger partial charge in [0.1, 0.15) is 13.2 Å². The van der Waals surface area contributed by atoms with Crippen molar-refractivity contribution in [3.63, 3.8) is 0 Å². The number of hydrogen-bond acceptors (Lipinski definition) is 13. The molecule has 0 fully saturated rings. The molecule has 11 N–H and O–H groups in total. The van der Waals surface area contributed by atoms with Crippen molar-refractivity contribution < 1.29 is 59.4 Å². The average molecular weight is 1450 g/mol. The smallest absolute Gasteiger partial charge is 0.255 e. The topological polar surface area (TPSA) is 287 Å². The van der Waals surface area contributed by atoms with Crippen LogP contribution in [0.1, 0.15) is 47.9 Å². The van der Waals surface area contributed by atoms with Crippen LogP contribution in [-0.4, -0.2) is 149 Å². The van der Waals surface area contributed by atoms with Gasteiger partial charge in [0, 0.05) is 29.9 Å². The molecule has 0 aromatic heterocycles. The lowest BCUT2D eigenvalue weighted by atomic mass is 10.0. The normalized spacial score (nSPS) is 11.1. The van der Waals surface area contributed by atoms with Gasteiger partial charge in [0.15, 0.2) is 5.78 Å². The molecule has 5 amide bonds. The van der Waals surface area contributed by atoms with E-state index >= 15 is 0 Å². The fourth-order valence-corrected chi connectivity index (χ4v) is 13.5. The monoisotopic (exact) mass is 1450 g/mol. The number of carbonyl (C=O) groups excluding carboxylic acids is 6. The quantitative estimate of drug-likeness (QED) is 0.0484. The van der Waals surface area contributed by atoms with Crippen LogP contribution in [0.3, 0.4) is 0 Å². The molecule has 304 valence electrons. The Labute approximate surface area is 396 Å². The van der Waals surface area contributed by atoms with E-state index in [1.165, 1.54) is 11.9 Å². The molecule has 0 bridgehead atoms. The first-order valence-electron chi connectivity index (χ1n) is 15.7. The molecule has 0 saturated heterocycles. The van der Waals surface area contributed by atoms with Crippen LogP contribution >= 0.6 is 136 Å². The molecule has 2 aromatic rings. The first-order chi connectivity index (χ1) is 25.9. The molecule has 2 aromatic carbocycles. The second-order valence-corrected chi connectivity index (χ2v) is 17.8. The number of rotatable bonds is 20. The Morgan fingerprint density at radius 1 is 0.582 bits per heavy atom. The maximum atomic E-state index is 13.9. The second-order valence-electron chi connectivity index (χ2n) is 11.3. The van der Waals surface area contributed by atoms with E-state index in [4.69, 9.17) is 0 Å². The standard InChI is InChI=1S/C31H36I6N6O12/c1-43(31(55)20-22(33)19(30(54)40-13(8-46)9-47)25(36)28(26(20)37)42-16(52)11-49)4-2-3-38-5-14(50)17-21(32)18(29(53)39-12(6-44)7-45)24(35)27(23(17)34)41-15(51)10-48/h12-13,38,44-49H,2-11H2,1H3,(H,39,53)(H,40,54)(H,41,51)(H,42,52). The van der Waals surface area contributed by atoms with Crippen molar-refractivity contribution >= 4 is 182 Å². The van der Waals surface area contributed by atoms with Crippen molar-refractivity contribution in [2.45, 2.75) is 18.5 Å². The molecule has 0 aliphatic carbocycles. The fourth-order valence-electron chi connectivity index (χ4n) is 4.57. The third kappa shape index (κ3) is 13.3. The molecule has 2 rings (SSSR count). The van der Waals surface area contributed by atoms with E-state index in [1.807, 2.05) is 136 Å². The van der Waals surface area contributed by atoms with Crippen LogP contribution in [0, 0.1) is 21.4 Å². The Bertz CT molecular complexity index is 1800. The summed E-state index contributed by atoms with van der Waals surface area (Å²) in [4.78, 5) is 79.7. The largest absolute Gasteiger partial charge is 0.394 e. The van der Waals surface area contributed by atoms with Crippen LogP contribution in [0.15, 0.2) is 0 Å². The van der Waals surface area contributed by atoms with E-state index in [0.717, 1.165) is 0 Å². The molecule has 0 heterocycles. The van der Waals surface area contributed by atoms with Crippen molar-refractivity contribution in [3.8, 4) is 0 Å². The second kappa shape index (κ2) is 24.6. The highest BCUT2D eigenvalue weighted by Gasteiger charge is 2.32. The van der Waals surface area contributed by atoms with Gasteiger partial charge in [0.05, 0.1) is 83.8 Å². The number of ketones is 1. The number of nitrogens with zero attached hydrogens (tertiary/aromatic N) is 1. The van der Waals surface area contributed by atoms with Crippen LogP contribution in [0.2, 0.25) is 0 Å². The third-order valence-corrected chi connectivity index (χ3v) is 13.9. The SMILES string of the molecule is CN(CCCNCC(=O)c1c(I)c(NC(=O)CO)c(I)c(C(=O)NC(CO)CO)c1I)C(=O)c1c(I)c(NC(=O)CO)c(I)c(C(=O)NC(CO)CO)c1I. The molecule has 55 heavy (non-hydrogen) atoms. The summed E-state index contributed by atoms with van der Waals surface area (Å²) < 4.78 is 1.65. The number of halogens is 6. The van der Waals surface area contributed by atoms with E-state index in [1.54, 1.807) is 0 Å².